The molecule has 0 radical (unpaired) electrons. The van der Waals surface area contributed by atoms with Crippen molar-refractivity contribution in [3.63, 3.8) is 0 Å². The highest BCUT2D eigenvalue weighted by atomic mass is 16.5. The van der Waals surface area contributed by atoms with Crippen LogP contribution in [0.15, 0.2) is 18.2 Å². The first kappa shape index (κ1) is 18.3. The molecular weight excluding hydrogens is 304 g/mol. The first-order valence-electron chi connectivity index (χ1n) is 6.76. The molecule has 3 N–H and O–H groups in total. The van der Waals surface area contributed by atoms with Gasteiger partial charge in [0.25, 0.3) is 5.91 Å². The van der Waals surface area contributed by atoms with Gasteiger partial charge in [-0.05, 0) is 32.0 Å². The molecule has 126 valence electrons. The van der Waals surface area contributed by atoms with Gasteiger partial charge in [0, 0.05) is 5.56 Å². The summed E-state index contributed by atoms with van der Waals surface area (Å²) < 4.78 is 10.2. The van der Waals surface area contributed by atoms with Gasteiger partial charge in [-0.25, -0.2) is 4.79 Å². The van der Waals surface area contributed by atoms with Crippen molar-refractivity contribution in [3.8, 4) is 11.5 Å². The van der Waals surface area contributed by atoms with Gasteiger partial charge in [0.05, 0.1) is 20.8 Å². The van der Waals surface area contributed by atoms with Gasteiger partial charge >= 0.3 is 5.97 Å². The highest BCUT2D eigenvalue weighted by Crippen LogP contribution is 2.27. The van der Waals surface area contributed by atoms with Gasteiger partial charge in [0.15, 0.2) is 11.5 Å². The summed E-state index contributed by atoms with van der Waals surface area (Å²) in [4.78, 5) is 34.6. The summed E-state index contributed by atoms with van der Waals surface area (Å²) in [5, 5.41) is 13.6. The monoisotopic (exact) mass is 324 g/mol. The average Bonchev–Trinajstić information content (AvgIpc) is 2.51. The lowest BCUT2D eigenvalue weighted by atomic mass is 10.1. The minimum absolute atomic E-state index is 0.285. The van der Waals surface area contributed by atoms with Gasteiger partial charge in [0.1, 0.15) is 5.54 Å². The topological polar surface area (TPSA) is 114 Å². The number of hydrogen-bond acceptors (Lipinski definition) is 5. The summed E-state index contributed by atoms with van der Waals surface area (Å²) in [6.07, 6.45) is 0. The SMILES string of the molecule is COc1ccc(C(=O)NCC(=O)NC(C)(C)C(=O)O)cc1OC. The zero-order valence-electron chi connectivity index (χ0n) is 13.4. The molecule has 0 spiro atoms. The molecule has 0 unspecified atom stereocenters. The van der Waals surface area contributed by atoms with E-state index in [1.807, 2.05) is 0 Å². The van der Waals surface area contributed by atoms with Gasteiger partial charge in [-0.2, -0.15) is 0 Å². The maximum Gasteiger partial charge on any atom is 0.328 e. The summed E-state index contributed by atoms with van der Waals surface area (Å²) in [6.45, 7) is 2.36. The van der Waals surface area contributed by atoms with Crippen LogP contribution in [0.2, 0.25) is 0 Å². The van der Waals surface area contributed by atoms with Crippen LogP contribution in [0.5, 0.6) is 11.5 Å². The number of carboxylic acid groups (broad SMARTS) is 1. The summed E-state index contributed by atoms with van der Waals surface area (Å²) in [6, 6.07) is 4.57. The van der Waals surface area contributed by atoms with Crippen LogP contribution < -0.4 is 20.1 Å². The molecule has 23 heavy (non-hydrogen) atoms. The summed E-state index contributed by atoms with van der Waals surface area (Å²) in [7, 11) is 2.92. The number of nitrogens with one attached hydrogen (secondary N) is 2. The average molecular weight is 324 g/mol. The van der Waals surface area contributed by atoms with Gasteiger partial charge in [-0.15, -0.1) is 0 Å². The lowest BCUT2D eigenvalue weighted by Crippen LogP contribution is -2.52. The minimum atomic E-state index is -1.41. The molecule has 0 aromatic heterocycles. The largest absolute Gasteiger partial charge is 0.493 e. The van der Waals surface area contributed by atoms with E-state index in [0.717, 1.165) is 0 Å². The first-order valence-corrected chi connectivity index (χ1v) is 6.76. The van der Waals surface area contributed by atoms with Crippen LogP contribution in [0.1, 0.15) is 24.2 Å². The molecule has 0 fully saturated rings. The molecule has 0 bridgehead atoms. The molecule has 0 atom stereocenters. The molecule has 1 aromatic carbocycles. The number of aliphatic carboxylic acids is 1. The van der Waals surface area contributed by atoms with Crippen LogP contribution in [0.4, 0.5) is 0 Å². The van der Waals surface area contributed by atoms with Crippen LogP contribution in [0, 0.1) is 0 Å². The molecule has 0 saturated heterocycles. The van der Waals surface area contributed by atoms with E-state index in [0.29, 0.717) is 11.5 Å². The number of carbonyl (C=O) groups is 3. The Balaban J connectivity index is 2.67. The molecule has 0 saturated carbocycles. The van der Waals surface area contributed by atoms with Gasteiger partial charge in [-0.3, -0.25) is 9.59 Å². The zero-order valence-corrected chi connectivity index (χ0v) is 13.4. The second-order valence-corrected chi connectivity index (χ2v) is 5.23. The Morgan fingerprint density at radius 2 is 1.74 bits per heavy atom. The number of benzene rings is 1. The van der Waals surface area contributed by atoms with Crippen molar-refractivity contribution in [2.75, 3.05) is 20.8 Å². The van der Waals surface area contributed by atoms with Gasteiger partial charge in [0.2, 0.25) is 5.91 Å². The van der Waals surface area contributed by atoms with Crippen LogP contribution in [-0.4, -0.2) is 49.2 Å². The van der Waals surface area contributed by atoms with E-state index < -0.39 is 23.3 Å². The lowest BCUT2D eigenvalue weighted by molar-refractivity contribution is -0.145. The Bertz CT molecular complexity index is 612. The van der Waals surface area contributed by atoms with E-state index in [1.165, 1.54) is 40.2 Å². The third-order valence-electron chi connectivity index (χ3n) is 3.04. The highest BCUT2D eigenvalue weighted by molar-refractivity contribution is 5.97. The molecule has 0 heterocycles. The fraction of sp³-hybridized carbons (Fsp3) is 0.400. The predicted molar refractivity (Wildman–Crippen MR) is 81.7 cm³/mol. The second kappa shape index (κ2) is 7.48. The predicted octanol–water partition coefficient (Wildman–Crippen LogP) is 0.413. The van der Waals surface area contributed by atoms with Crippen molar-refractivity contribution < 1.29 is 29.0 Å². The molecule has 2 amide bonds. The normalized spacial score (nSPS) is 10.6. The molecule has 0 aliphatic rings. The van der Waals surface area contributed by atoms with Crippen molar-refractivity contribution in [1.29, 1.82) is 0 Å². The lowest BCUT2D eigenvalue weighted by Gasteiger charge is -2.21. The van der Waals surface area contributed by atoms with E-state index in [1.54, 1.807) is 6.07 Å². The number of amides is 2. The van der Waals surface area contributed by atoms with Crippen LogP contribution in [-0.2, 0) is 9.59 Å². The molecule has 8 nitrogen and oxygen atoms in total. The fourth-order valence-corrected chi connectivity index (χ4v) is 1.69. The quantitative estimate of drug-likeness (QED) is 0.669. The number of hydrogen-bond donors (Lipinski definition) is 3. The Kier molecular flexibility index (Phi) is 5.94. The van der Waals surface area contributed by atoms with E-state index in [4.69, 9.17) is 14.6 Å². The first-order chi connectivity index (χ1) is 10.7. The Labute approximate surface area is 133 Å². The van der Waals surface area contributed by atoms with Crippen molar-refractivity contribution in [2.45, 2.75) is 19.4 Å². The minimum Gasteiger partial charge on any atom is -0.493 e. The number of carbonyl (C=O) groups excluding carboxylic acids is 2. The number of ether oxygens (including phenoxy) is 2. The van der Waals surface area contributed by atoms with Gasteiger partial charge < -0.3 is 25.2 Å². The Morgan fingerprint density at radius 3 is 2.26 bits per heavy atom. The number of carboxylic acids is 1. The Morgan fingerprint density at radius 1 is 1.13 bits per heavy atom. The van der Waals surface area contributed by atoms with Crippen LogP contribution in [0.25, 0.3) is 0 Å². The maximum absolute atomic E-state index is 12.0. The third kappa shape index (κ3) is 4.87. The molecule has 0 aliphatic carbocycles. The summed E-state index contributed by atoms with van der Waals surface area (Å²) >= 11 is 0. The smallest absolute Gasteiger partial charge is 0.328 e. The maximum atomic E-state index is 12.0. The van der Waals surface area contributed by atoms with Crippen LogP contribution >= 0.6 is 0 Å². The Hall–Kier alpha value is -2.77. The highest BCUT2D eigenvalue weighted by Gasteiger charge is 2.28. The standard InChI is InChI=1S/C15H20N2O6/c1-15(2,14(20)21)17-12(18)8-16-13(19)9-5-6-10(22-3)11(7-9)23-4/h5-7H,8H2,1-4H3,(H,16,19)(H,17,18)(H,20,21). The summed E-state index contributed by atoms with van der Waals surface area (Å²) in [5.41, 5.74) is -1.13. The van der Waals surface area contributed by atoms with Crippen LogP contribution in [0.3, 0.4) is 0 Å². The van der Waals surface area contributed by atoms with Crippen molar-refractivity contribution in [1.82, 2.24) is 10.6 Å². The molecule has 1 rings (SSSR count). The molecule has 8 heteroatoms. The van der Waals surface area contributed by atoms with E-state index in [2.05, 4.69) is 10.6 Å². The summed E-state index contributed by atoms with van der Waals surface area (Å²) in [5.74, 6) is -1.40. The van der Waals surface area contributed by atoms with E-state index in [9.17, 15) is 14.4 Å². The van der Waals surface area contributed by atoms with Crippen molar-refractivity contribution in [2.24, 2.45) is 0 Å². The van der Waals surface area contributed by atoms with Gasteiger partial charge in [-0.1, -0.05) is 0 Å². The van der Waals surface area contributed by atoms with E-state index >= 15 is 0 Å². The third-order valence-corrected chi connectivity index (χ3v) is 3.04. The number of methoxy groups -OCH3 is 2. The van der Waals surface area contributed by atoms with E-state index in [-0.39, 0.29) is 12.1 Å². The molecule has 0 aliphatic heterocycles. The molecule has 1 aromatic rings. The second-order valence-electron chi connectivity index (χ2n) is 5.23. The number of rotatable bonds is 7. The zero-order chi connectivity index (χ0) is 17.6. The fourth-order valence-electron chi connectivity index (χ4n) is 1.69. The van der Waals surface area contributed by atoms with Crippen molar-refractivity contribution in [3.05, 3.63) is 23.8 Å². The van der Waals surface area contributed by atoms with Crippen molar-refractivity contribution >= 4 is 17.8 Å². The molecular formula is C15H20N2O6.